The van der Waals surface area contributed by atoms with E-state index in [2.05, 4.69) is 82.0 Å². The highest BCUT2D eigenvalue weighted by Crippen LogP contribution is 2.44. The molecule has 0 amide bonds. The summed E-state index contributed by atoms with van der Waals surface area (Å²) in [5.74, 6) is 0.405. The van der Waals surface area contributed by atoms with E-state index in [1.165, 1.54) is 11.1 Å². The van der Waals surface area contributed by atoms with E-state index in [1.54, 1.807) is 0 Å². The maximum atomic E-state index is 13.5. The molecule has 0 saturated heterocycles. The Bertz CT molecular complexity index is 1130. The summed E-state index contributed by atoms with van der Waals surface area (Å²) >= 11 is 3.52. The van der Waals surface area contributed by atoms with Gasteiger partial charge in [-0.15, -0.1) is 0 Å². The molecule has 0 aromatic heterocycles. The summed E-state index contributed by atoms with van der Waals surface area (Å²) in [6.45, 7) is 2.09. The summed E-state index contributed by atoms with van der Waals surface area (Å²) in [6, 6.07) is 24.8. The van der Waals surface area contributed by atoms with E-state index in [4.69, 9.17) is 0 Å². The molecule has 2 aliphatic rings. The van der Waals surface area contributed by atoms with Gasteiger partial charge in [-0.1, -0.05) is 70.0 Å². The van der Waals surface area contributed by atoms with Gasteiger partial charge in [0.2, 0.25) is 0 Å². The maximum Gasteiger partial charge on any atom is 0.163 e. The topological polar surface area (TPSA) is 41.1 Å². The van der Waals surface area contributed by atoms with Gasteiger partial charge in [0.15, 0.2) is 5.78 Å². The Morgan fingerprint density at radius 1 is 0.833 bits per heavy atom. The molecule has 0 spiro atoms. The number of nitrogens with one attached hydrogen (secondary N) is 2. The fraction of sp³-hybridized carbons (Fsp3) is 0.192. The fourth-order valence-electron chi connectivity index (χ4n) is 4.47. The van der Waals surface area contributed by atoms with Crippen LogP contribution in [0.25, 0.3) is 0 Å². The van der Waals surface area contributed by atoms with E-state index >= 15 is 0 Å². The monoisotopic (exact) mass is 458 g/mol. The Morgan fingerprint density at radius 3 is 2.23 bits per heavy atom. The highest BCUT2D eigenvalue weighted by Gasteiger charge is 2.35. The number of allylic oxidation sites excluding steroid dienone is 1. The van der Waals surface area contributed by atoms with E-state index < -0.39 is 0 Å². The lowest BCUT2D eigenvalue weighted by atomic mass is 9.78. The molecule has 3 aromatic rings. The second-order valence-electron chi connectivity index (χ2n) is 8.13. The quantitative estimate of drug-likeness (QED) is 0.446. The van der Waals surface area contributed by atoms with Crippen LogP contribution in [0.15, 0.2) is 88.5 Å². The standard InChI is InChI=1S/C26H23BrN2O/c1-16-6-8-17(9-7-16)19-14-23-25(24(30)15-19)26(18-10-12-20(27)13-11-18)29-22-5-3-2-4-21(22)28-23/h2-13,19,26,28-29H,14-15H2,1H3/t19-,26+/m1/s1. The Labute approximate surface area is 185 Å². The molecule has 0 radical (unpaired) electrons. The smallest absolute Gasteiger partial charge is 0.163 e. The normalized spacial score (nSPS) is 20.5. The number of fused-ring (bicyclic) bond motifs is 1. The first-order valence-corrected chi connectivity index (χ1v) is 11.1. The van der Waals surface area contributed by atoms with Crippen LogP contribution in [0, 0.1) is 6.92 Å². The Morgan fingerprint density at radius 2 is 1.50 bits per heavy atom. The van der Waals surface area contributed by atoms with E-state index in [0.29, 0.717) is 6.42 Å². The van der Waals surface area contributed by atoms with E-state index in [1.807, 2.05) is 24.3 Å². The van der Waals surface area contributed by atoms with Crippen molar-refractivity contribution in [3.05, 3.63) is 105 Å². The number of aryl methyl sites for hydroxylation is 1. The van der Waals surface area contributed by atoms with Gasteiger partial charge in [-0.3, -0.25) is 4.79 Å². The van der Waals surface area contributed by atoms with Crippen molar-refractivity contribution >= 4 is 33.1 Å². The third-order valence-electron chi connectivity index (χ3n) is 6.06. The molecule has 1 heterocycles. The van der Waals surface area contributed by atoms with Gasteiger partial charge in [-0.2, -0.15) is 0 Å². The van der Waals surface area contributed by atoms with Crippen molar-refractivity contribution in [1.29, 1.82) is 0 Å². The highest BCUT2D eigenvalue weighted by molar-refractivity contribution is 9.10. The number of para-hydroxylation sites is 2. The van der Waals surface area contributed by atoms with Crippen LogP contribution >= 0.6 is 15.9 Å². The average Bonchev–Trinajstić information content (AvgIpc) is 2.91. The molecule has 2 N–H and O–H groups in total. The number of hydrogen-bond donors (Lipinski definition) is 2. The molecule has 30 heavy (non-hydrogen) atoms. The number of benzene rings is 3. The van der Waals surface area contributed by atoms with Crippen molar-refractivity contribution in [3.8, 4) is 0 Å². The van der Waals surface area contributed by atoms with Crippen molar-refractivity contribution in [1.82, 2.24) is 0 Å². The summed E-state index contributed by atoms with van der Waals surface area (Å²) in [7, 11) is 0. The van der Waals surface area contributed by atoms with Crippen LogP contribution in [0.3, 0.4) is 0 Å². The minimum absolute atomic E-state index is 0.171. The molecule has 3 nitrogen and oxygen atoms in total. The van der Waals surface area contributed by atoms with Gasteiger partial charge >= 0.3 is 0 Å². The SMILES string of the molecule is Cc1ccc([C@H]2CC(=O)C3=C(C2)Nc2ccccc2N[C@H]3c2ccc(Br)cc2)cc1. The molecule has 1 aliphatic heterocycles. The van der Waals surface area contributed by atoms with Crippen molar-refractivity contribution in [2.75, 3.05) is 10.6 Å². The van der Waals surface area contributed by atoms with Crippen LogP contribution in [0.4, 0.5) is 11.4 Å². The van der Waals surface area contributed by atoms with Gasteiger partial charge in [-0.05, 0) is 54.7 Å². The predicted octanol–water partition coefficient (Wildman–Crippen LogP) is 6.74. The molecule has 0 fully saturated rings. The maximum absolute atomic E-state index is 13.5. The number of carbonyl (C=O) groups excluding carboxylic acids is 1. The Balaban J connectivity index is 1.60. The van der Waals surface area contributed by atoms with Crippen molar-refractivity contribution in [3.63, 3.8) is 0 Å². The summed E-state index contributed by atoms with van der Waals surface area (Å²) in [6.07, 6.45) is 1.36. The summed E-state index contributed by atoms with van der Waals surface area (Å²) in [4.78, 5) is 13.5. The first-order valence-electron chi connectivity index (χ1n) is 10.3. The molecule has 0 bridgehead atoms. The first-order chi connectivity index (χ1) is 14.6. The lowest BCUT2D eigenvalue weighted by Gasteiger charge is -2.30. The number of carbonyl (C=O) groups is 1. The molecule has 0 saturated carbocycles. The second-order valence-corrected chi connectivity index (χ2v) is 9.05. The number of ketones is 1. The van der Waals surface area contributed by atoms with Crippen molar-refractivity contribution in [2.24, 2.45) is 0 Å². The molecule has 3 aromatic carbocycles. The van der Waals surface area contributed by atoms with Gasteiger partial charge in [-0.25, -0.2) is 0 Å². The minimum Gasteiger partial charge on any atom is -0.372 e. The molecular weight excluding hydrogens is 436 g/mol. The largest absolute Gasteiger partial charge is 0.372 e. The van der Waals surface area contributed by atoms with Crippen LogP contribution in [0.5, 0.6) is 0 Å². The Kier molecular flexibility index (Phi) is 4.95. The average molecular weight is 459 g/mol. The molecule has 150 valence electrons. The lowest BCUT2D eigenvalue weighted by molar-refractivity contribution is -0.116. The molecule has 1 aliphatic carbocycles. The third-order valence-corrected chi connectivity index (χ3v) is 6.59. The zero-order valence-electron chi connectivity index (χ0n) is 16.8. The van der Waals surface area contributed by atoms with Crippen LogP contribution in [0.2, 0.25) is 0 Å². The van der Waals surface area contributed by atoms with Crippen LogP contribution in [0.1, 0.15) is 41.5 Å². The summed E-state index contributed by atoms with van der Waals surface area (Å²) in [5.41, 5.74) is 7.47. The van der Waals surface area contributed by atoms with Crippen LogP contribution < -0.4 is 10.6 Å². The van der Waals surface area contributed by atoms with Gasteiger partial charge in [0.05, 0.1) is 17.4 Å². The minimum atomic E-state index is -0.171. The highest BCUT2D eigenvalue weighted by atomic mass is 79.9. The number of rotatable bonds is 2. The second kappa shape index (κ2) is 7.77. The van der Waals surface area contributed by atoms with E-state index in [0.717, 1.165) is 39.1 Å². The molecule has 0 unspecified atom stereocenters. The van der Waals surface area contributed by atoms with Gasteiger partial charge in [0, 0.05) is 22.2 Å². The molecule has 2 atom stereocenters. The fourth-order valence-corrected chi connectivity index (χ4v) is 4.74. The molecule has 5 rings (SSSR count). The van der Waals surface area contributed by atoms with Gasteiger partial charge < -0.3 is 10.6 Å². The van der Waals surface area contributed by atoms with Gasteiger partial charge in [0.1, 0.15) is 0 Å². The zero-order chi connectivity index (χ0) is 20.7. The van der Waals surface area contributed by atoms with Crippen molar-refractivity contribution < 1.29 is 4.79 Å². The Hall–Kier alpha value is -2.85. The summed E-state index contributed by atoms with van der Waals surface area (Å²) < 4.78 is 1.03. The molecule has 4 heteroatoms. The lowest BCUT2D eigenvalue weighted by Crippen LogP contribution is -2.26. The first kappa shape index (κ1) is 19.1. The number of anilines is 2. The van der Waals surface area contributed by atoms with Crippen LogP contribution in [-0.2, 0) is 4.79 Å². The number of halogens is 1. The van der Waals surface area contributed by atoms with Gasteiger partial charge in [0.25, 0.3) is 0 Å². The molecular formula is C26H23BrN2O. The number of hydrogen-bond acceptors (Lipinski definition) is 3. The van der Waals surface area contributed by atoms with Crippen LogP contribution in [-0.4, -0.2) is 5.78 Å². The number of Topliss-reactive ketones (excluding diaryl/α,β-unsaturated/α-hetero) is 1. The van der Waals surface area contributed by atoms with E-state index in [-0.39, 0.29) is 17.7 Å². The third kappa shape index (κ3) is 3.56. The van der Waals surface area contributed by atoms with E-state index in [9.17, 15) is 4.79 Å². The zero-order valence-corrected chi connectivity index (χ0v) is 18.4. The summed E-state index contributed by atoms with van der Waals surface area (Å²) in [5, 5.41) is 7.23. The predicted molar refractivity (Wildman–Crippen MR) is 126 cm³/mol. The van der Waals surface area contributed by atoms with Crippen molar-refractivity contribution in [2.45, 2.75) is 31.7 Å².